The van der Waals surface area contributed by atoms with E-state index in [1.54, 1.807) is 19.3 Å². The molecule has 6 heteroatoms. The second-order valence-electron chi connectivity index (χ2n) is 8.09. The van der Waals surface area contributed by atoms with E-state index in [-0.39, 0.29) is 6.10 Å². The van der Waals surface area contributed by atoms with E-state index in [2.05, 4.69) is 39.6 Å². The maximum atomic E-state index is 9.93. The molecule has 1 fully saturated rings. The maximum absolute atomic E-state index is 9.93. The Kier molecular flexibility index (Phi) is 5.40. The molecule has 2 atom stereocenters. The summed E-state index contributed by atoms with van der Waals surface area (Å²) < 4.78 is 6.06. The number of piperidine rings is 1. The molecule has 31 heavy (non-hydrogen) atoms. The van der Waals surface area contributed by atoms with Crippen molar-refractivity contribution >= 4 is 10.9 Å². The first kappa shape index (κ1) is 19.7. The molecule has 0 saturated carbocycles. The quantitative estimate of drug-likeness (QED) is 0.449. The number of ether oxygens (including phenoxy) is 1. The second kappa shape index (κ2) is 8.49. The predicted molar refractivity (Wildman–Crippen MR) is 122 cm³/mol. The number of nitrogens with zero attached hydrogens (tertiary/aromatic N) is 2. The summed E-state index contributed by atoms with van der Waals surface area (Å²) in [5, 5.41) is 14.4. The number of H-pyrrole nitrogens is 1. The van der Waals surface area contributed by atoms with E-state index in [1.165, 1.54) is 0 Å². The van der Waals surface area contributed by atoms with Crippen LogP contribution in [0.5, 0.6) is 5.88 Å². The van der Waals surface area contributed by atoms with Crippen LogP contribution < -0.4 is 10.1 Å². The average molecular weight is 415 g/mol. The summed E-state index contributed by atoms with van der Waals surface area (Å²) in [6, 6.07) is 14.3. The van der Waals surface area contributed by atoms with Crippen molar-refractivity contribution in [3.8, 4) is 28.3 Å². The number of aliphatic hydroxyl groups is 1. The summed E-state index contributed by atoms with van der Waals surface area (Å²) in [4.78, 5) is 12.4. The summed E-state index contributed by atoms with van der Waals surface area (Å²) in [7, 11) is 0. The van der Waals surface area contributed by atoms with E-state index in [0.29, 0.717) is 5.88 Å². The third-order valence-electron chi connectivity index (χ3n) is 5.81. The van der Waals surface area contributed by atoms with Gasteiger partial charge in [-0.2, -0.15) is 0 Å². The molecule has 1 aliphatic heterocycles. The van der Waals surface area contributed by atoms with Gasteiger partial charge in [-0.15, -0.1) is 0 Å². The van der Waals surface area contributed by atoms with Gasteiger partial charge in [0.25, 0.3) is 0 Å². The monoisotopic (exact) mass is 414 g/mol. The fourth-order valence-electron chi connectivity index (χ4n) is 4.12. The van der Waals surface area contributed by atoms with Gasteiger partial charge in [-0.3, -0.25) is 4.98 Å². The molecule has 3 heterocycles. The van der Waals surface area contributed by atoms with E-state index in [1.807, 2.05) is 24.4 Å². The Morgan fingerprint density at radius 3 is 2.87 bits per heavy atom. The Balaban J connectivity index is 1.49. The van der Waals surface area contributed by atoms with Gasteiger partial charge in [0.05, 0.1) is 24.2 Å². The lowest BCUT2D eigenvalue weighted by molar-refractivity contribution is 0.160. The highest BCUT2D eigenvalue weighted by Crippen LogP contribution is 2.32. The summed E-state index contributed by atoms with van der Waals surface area (Å²) >= 11 is 0. The molecule has 0 bridgehead atoms. The molecule has 6 nitrogen and oxygen atoms in total. The molecule has 5 rings (SSSR count). The second-order valence-corrected chi connectivity index (χ2v) is 8.09. The lowest BCUT2D eigenvalue weighted by atomic mass is 9.99. The molecule has 0 amide bonds. The van der Waals surface area contributed by atoms with Crippen molar-refractivity contribution in [2.75, 3.05) is 13.1 Å². The Bertz CT molecular complexity index is 1200. The normalized spacial score (nSPS) is 17.5. The summed E-state index contributed by atoms with van der Waals surface area (Å²) in [5.41, 5.74) is 5.87. The zero-order valence-corrected chi connectivity index (χ0v) is 17.5. The molecule has 2 aromatic heterocycles. The molecule has 3 N–H and O–H groups in total. The van der Waals surface area contributed by atoms with Crippen LogP contribution in [-0.4, -0.2) is 39.3 Å². The molecule has 1 saturated heterocycles. The van der Waals surface area contributed by atoms with Gasteiger partial charge in [0.2, 0.25) is 5.88 Å². The van der Waals surface area contributed by atoms with Crippen LogP contribution in [0.15, 0.2) is 61.1 Å². The molecule has 1 unspecified atom stereocenters. The number of nitrogens with one attached hydrogen (secondary N) is 2. The number of aromatic nitrogens is 3. The molecular formula is C25H26N4O2. The van der Waals surface area contributed by atoms with E-state index in [9.17, 15) is 5.11 Å². The van der Waals surface area contributed by atoms with E-state index in [0.717, 1.165) is 64.8 Å². The minimum Gasteiger partial charge on any atom is -0.472 e. The molecular weight excluding hydrogens is 388 g/mol. The topological polar surface area (TPSA) is 83.1 Å². The number of hydrogen-bond acceptors (Lipinski definition) is 5. The van der Waals surface area contributed by atoms with Gasteiger partial charge in [-0.05, 0) is 61.2 Å². The van der Waals surface area contributed by atoms with Crippen LogP contribution in [0.4, 0.5) is 0 Å². The van der Waals surface area contributed by atoms with Gasteiger partial charge in [-0.25, -0.2) is 4.98 Å². The van der Waals surface area contributed by atoms with Crippen molar-refractivity contribution < 1.29 is 9.84 Å². The van der Waals surface area contributed by atoms with E-state index >= 15 is 0 Å². The lowest BCUT2D eigenvalue weighted by Gasteiger charge is -2.23. The highest BCUT2D eigenvalue weighted by Gasteiger charge is 2.16. The molecule has 4 aromatic rings. The standard InChI is InChI=1S/C25H26N4O2/c1-16(30)17-4-2-5-18(10-17)19-7-8-23-21(11-19)22(13-28-23)24-14-27-15-25(29-24)31-20-6-3-9-26-12-20/h2,4-5,7-8,10-11,13-16,20,26,28,30H,3,6,9,12H2,1H3/t16-,20?/m1/s1. The highest BCUT2D eigenvalue weighted by molar-refractivity contribution is 5.97. The van der Waals surface area contributed by atoms with Crippen molar-refractivity contribution in [2.24, 2.45) is 0 Å². The van der Waals surface area contributed by atoms with Gasteiger partial charge in [0, 0.05) is 29.2 Å². The number of fused-ring (bicyclic) bond motifs is 1. The average Bonchev–Trinajstić information content (AvgIpc) is 3.23. The molecule has 2 aromatic carbocycles. The van der Waals surface area contributed by atoms with Crippen LogP contribution in [-0.2, 0) is 0 Å². The largest absolute Gasteiger partial charge is 0.472 e. The molecule has 158 valence electrons. The Hall–Kier alpha value is -3.22. The Morgan fingerprint density at radius 1 is 1.13 bits per heavy atom. The van der Waals surface area contributed by atoms with Crippen LogP contribution in [0.25, 0.3) is 33.3 Å². The number of aromatic amines is 1. The highest BCUT2D eigenvalue weighted by atomic mass is 16.5. The molecule has 0 aliphatic carbocycles. The lowest BCUT2D eigenvalue weighted by Crippen LogP contribution is -2.37. The number of aliphatic hydroxyl groups excluding tert-OH is 1. The van der Waals surface area contributed by atoms with Crippen molar-refractivity contribution in [1.29, 1.82) is 0 Å². The fraction of sp³-hybridized carbons (Fsp3) is 0.280. The van der Waals surface area contributed by atoms with E-state index < -0.39 is 6.10 Å². The summed E-state index contributed by atoms with van der Waals surface area (Å²) in [5.74, 6) is 0.557. The van der Waals surface area contributed by atoms with Gasteiger partial charge in [0.15, 0.2) is 0 Å². The minimum absolute atomic E-state index is 0.133. The van der Waals surface area contributed by atoms with Gasteiger partial charge in [-0.1, -0.05) is 24.3 Å². The van der Waals surface area contributed by atoms with Gasteiger partial charge in [0.1, 0.15) is 6.10 Å². The van der Waals surface area contributed by atoms with E-state index in [4.69, 9.17) is 9.72 Å². The first-order valence-corrected chi connectivity index (χ1v) is 10.8. The number of hydrogen-bond donors (Lipinski definition) is 3. The molecule has 0 radical (unpaired) electrons. The first-order valence-electron chi connectivity index (χ1n) is 10.8. The predicted octanol–water partition coefficient (Wildman–Crippen LogP) is 4.48. The Labute approximate surface area is 181 Å². The smallest absolute Gasteiger partial charge is 0.233 e. The van der Waals surface area contributed by atoms with Gasteiger partial charge < -0.3 is 20.1 Å². The molecule has 0 spiro atoms. The maximum Gasteiger partial charge on any atom is 0.233 e. The van der Waals surface area contributed by atoms with Crippen molar-refractivity contribution in [2.45, 2.75) is 32.0 Å². The van der Waals surface area contributed by atoms with Crippen LogP contribution >= 0.6 is 0 Å². The fourth-order valence-corrected chi connectivity index (χ4v) is 4.12. The first-order chi connectivity index (χ1) is 15.2. The van der Waals surface area contributed by atoms with Crippen LogP contribution in [0.2, 0.25) is 0 Å². The van der Waals surface area contributed by atoms with Crippen LogP contribution in [0.3, 0.4) is 0 Å². The van der Waals surface area contributed by atoms with Crippen LogP contribution in [0.1, 0.15) is 31.4 Å². The number of rotatable bonds is 5. The summed E-state index contributed by atoms with van der Waals surface area (Å²) in [6.07, 6.45) is 7.20. The van der Waals surface area contributed by atoms with Crippen molar-refractivity contribution in [3.05, 3.63) is 66.6 Å². The van der Waals surface area contributed by atoms with Crippen LogP contribution in [0, 0.1) is 0 Å². The third-order valence-corrected chi connectivity index (χ3v) is 5.81. The third kappa shape index (κ3) is 4.17. The molecule has 1 aliphatic rings. The Morgan fingerprint density at radius 2 is 2.03 bits per heavy atom. The minimum atomic E-state index is -0.496. The zero-order valence-electron chi connectivity index (χ0n) is 17.5. The summed E-state index contributed by atoms with van der Waals surface area (Å²) in [6.45, 7) is 3.67. The van der Waals surface area contributed by atoms with Gasteiger partial charge >= 0.3 is 0 Å². The SMILES string of the molecule is C[C@@H](O)c1cccc(-c2ccc3[nH]cc(-c4cncc(OC5CCCNC5)n4)c3c2)c1. The zero-order chi connectivity index (χ0) is 21.2. The van der Waals surface area contributed by atoms with Crippen molar-refractivity contribution in [1.82, 2.24) is 20.3 Å². The van der Waals surface area contributed by atoms with Crippen molar-refractivity contribution in [3.63, 3.8) is 0 Å². The number of benzene rings is 2.